The highest BCUT2D eigenvalue weighted by molar-refractivity contribution is 6.74. The van der Waals surface area contributed by atoms with Crippen LogP contribution in [0.2, 0.25) is 23.2 Å². The SMILES string of the molecule is CC(C)C(C)(C)[Si](C)(C)OC1CN[C@@H](C(=O)c2nc(C(=O)NCCc3ccc(Cl)cc3)co2)C1. The lowest BCUT2D eigenvalue weighted by atomic mass is 9.99. The molecule has 1 aliphatic rings. The number of carbonyl (C=O) groups is 2. The van der Waals surface area contributed by atoms with Gasteiger partial charge in [-0.05, 0) is 54.6 Å². The van der Waals surface area contributed by atoms with Gasteiger partial charge in [0.2, 0.25) is 5.78 Å². The second-order valence-corrected chi connectivity index (χ2v) is 15.3. The summed E-state index contributed by atoms with van der Waals surface area (Å²) < 4.78 is 11.9. The second kappa shape index (κ2) is 10.7. The van der Waals surface area contributed by atoms with Crippen molar-refractivity contribution in [3.63, 3.8) is 0 Å². The Morgan fingerprint density at radius 1 is 1.29 bits per heavy atom. The van der Waals surface area contributed by atoms with Gasteiger partial charge in [0.25, 0.3) is 11.8 Å². The second-order valence-electron chi connectivity index (χ2n) is 10.4. The maximum Gasteiger partial charge on any atom is 0.273 e. The van der Waals surface area contributed by atoms with Gasteiger partial charge in [-0.3, -0.25) is 9.59 Å². The minimum atomic E-state index is -2.00. The van der Waals surface area contributed by atoms with Crippen LogP contribution in [0.25, 0.3) is 0 Å². The lowest BCUT2D eigenvalue weighted by Gasteiger charge is -2.44. The van der Waals surface area contributed by atoms with Crippen molar-refractivity contribution in [1.29, 1.82) is 0 Å². The van der Waals surface area contributed by atoms with E-state index in [9.17, 15) is 9.59 Å². The molecular formula is C25H36ClN3O4Si. The Balaban J connectivity index is 1.52. The number of amides is 1. The molecule has 2 heterocycles. The van der Waals surface area contributed by atoms with Crippen molar-refractivity contribution in [2.45, 2.75) is 70.8 Å². The van der Waals surface area contributed by atoms with Gasteiger partial charge in [-0.25, -0.2) is 4.98 Å². The Bertz CT molecular complexity index is 1000. The molecule has 1 amide bonds. The van der Waals surface area contributed by atoms with Gasteiger partial charge in [0.1, 0.15) is 6.26 Å². The van der Waals surface area contributed by atoms with Crippen molar-refractivity contribution in [3.8, 4) is 0 Å². The van der Waals surface area contributed by atoms with Crippen LogP contribution in [0.1, 0.15) is 60.9 Å². The predicted molar refractivity (Wildman–Crippen MR) is 136 cm³/mol. The number of rotatable bonds is 10. The van der Waals surface area contributed by atoms with Gasteiger partial charge in [-0.1, -0.05) is 51.4 Å². The van der Waals surface area contributed by atoms with Crippen LogP contribution in [0.3, 0.4) is 0 Å². The zero-order valence-corrected chi connectivity index (χ0v) is 22.7. The molecule has 1 fully saturated rings. The number of benzene rings is 1. The molecule has 34 heavy (non-hydrogen) atoms. The van der Waals surface area contributed by atoms with E-state index in [-0.39, 0.29) is 34.4 Å². The first-order valence-corrected chi connectivity index (χ1v) is 15.1. The molecule has 7 nitrogen and oxygen atoms in total. The van der Waals surface area contributed by atoms with Gasteiger partial charge in [0.15, 0.2) is 14.0 Å². The molecule has 186 valence electrons. The topological polar surface area (TPSA) is 93.5 Å². The third kappa shape index (κ3) is 6.16. The van der Waals surface area contributed by atoms with Gasteiger partial charge in [-0.2, -0.15) is 0 Å². The summed E-state index contributed by atoms with van der Waals surface area (Å²) in [6.45, 7) is 14.5. The molecule has 1 aromatic heterocycles. The molecule has 2 atom stereocenters. The number of nitrogens with zero attached hydrogens (tertiary/aromatic N) is 1. The summed E-state index contributed by atoms with van der Waals surface area (Å²) >= 11 is 5.89. The number of hydrogen-bond acceptors (Lipinski definition) is 6. The van der Waals surface area contributed by atoms with E-state index in [1.54, 1.807) is 0 Å². The smallest absolute Gasteiger partial charge is 0.273 e. The van der Waals surface area contributed by atoms with Gasteiger partial charge in [0, 0.05) is 18.1 Å². The summed E-state index contributed by atoms with van der Waals surface area (Å²) in [6, 6.07) is 7.03. The number of carbonyl (C=O) groups excluding carboxylic acids is 2. The van der Waals surface area contributed by atoms with Gasteiger partial charge in [-0.15, -0.1) is 0 Å². The number of oxazole rings is 1. The number of Topliss-reactive ketones (excluding diaryl/α,β-unsaturated/α-hetero) is 1. The molecule has 1 saturated heterocycles. The molecule has 2 aromatic rings. The molecule has 0 spiro atoms. The van der Waals surface area contributed by atoms with E-state index >= 15 is 0 Å². The van der Waals surface area contributed by atoms with Crippen LogP contribution in [0.5, 0.6) is 0 Å². The van der Waals surface area contributed by atoms with Crippen LogP contribution in [0.15, 0.2) is 34.9 Å². The highest BCUT2D eigenvalue weighted by atomic mass is 35.5. The monoisotopic (exact) mass is 505 g/mol. The van der Waals surface area contributed by atoms with Crippen molar-refractivity contribution in [2.75, 3.05) is 13.1 Å². The van der Waals surface area contributed by atoms with Crippen molar-refractivity contribution in [2.24, 2.45) is 5.92 Å². The van der Waals surface area contributed by atoms with E-state index in [2.05, 4.69) is 56.4 Å². The summed E-state index contributed by atoms with van der Waals surface area (Å²) in [5, 5.41) is 6.82. The van der Waals surface area contributed by atoms with Gasteiger partial charge < -0.3 is 19.5 Å². The number of aromatic nitrogens is 1. The lowest BCUT2D eigenvalue weighted by molar-refractivity contribution is 0.0909. The third-order valence-corrected chi connectivity index (χ3v) is 12.3. The summed E-state index contributed by atoms with van der Waals surface area (Å²) in [5.74, 6) is -0.182. The quantitative estimate of drug-likeness (QED) is 0.353. The zero-order chi connectivity index (χ0) is 25.1. The molecule has 3 rings (SSSR count). The van der Waals surface area contributed by atoms with Crippen molar-refractivity contribution in [3.05, 3.63) is 52.7 Å². The fourth-order valence-electron chi connectivity index (χ4n) is 3.96. The van der Waals surface area contributed by atoms with Crippen LogP contribution in [0, 0.1) is 5.92 Å². The lowest BCUT2D eigenvalue weighted by Crippen LogP contribution is -2.48. The Morgan fingerprint density at radius 3 is 2.62 bits per heavy atom. The standard InChI is InChI=1S/C25H36ClN3O4Si/c1-16(2)25(3,4)34(5,6)33-19-13-20(28-14-19)22(30)24-29-21(15-32-24)23(31)27-12-11-17-7-9-18(26)10-8-17/h7-10,15-16,19-20,28H,11-14H2,1-6H3,(H,27,31)/t19?,20-/m1/s1. The molecular weight excluding hydrogens is 470 g/mol. The van der Waals surface area contributed by atoms with E-state index in [1.807, 2.05) is 24.3 Å². The third-order valence-electron chi connectivity index (χ3n) is 7.42. The first kappa shape index (κ1) is 26.6. The number of nitrogens with one attached hydrogen (secondary N) is 2. The van der Waals surface area contributed by atoms with E-state index < -0.39 is 14.4 Å². The number of halogens is 1. The zero-order valence-electron chi connectivity index (χ0n) is 20.9. The van der Waals surface area contributed by atoms with E-state index in [1.165, 1.54) is 6.26 Å². The summed E-state index contributed by atoms with van der Waals surface area (Å²) in [6.07, 6.45) is 2.43. The van der Waals surface area contributed by atoms with Crippen molar-refractivity contribution >= 4 is 31.6 Å². The first-order valence-electron chi connectivity index (χ1n) is 11.8. The number of ketones is 1. The van der Waals surface area contributed by atoms with E-state index in [4.69, 9.17) is 20.4 Å². The van der Waals surface area contributed by atoms with Crippen LogP contribution in [-0.4, -0.2) is 50.2 Å². The van der Waals surface area contributed by atoms with Crippen molar-refractivity contribution in [1.82, 2.24) is 15.6 Å². The minimum Gasteiger partial charge on any atom is -0.441 e. The Kier molecular flexibility index (Phi) is 8.39. The van der Waals surface area contributed by atoms with Crippen LogP contribution >= 0.6 is 11.6 Å². The maximum atomic E-state index is 12.9. The average Bonchev–Trinajstić information content (AvgIpc) is 3.44. The minimum absolute atomic E-state index is 0.0285. The van der Waals surface area contributed by atoms with Crippen LogP contribution in [0.4, 0.5) is 0 Å². The van der Waals surface area contributed by atoms with Gasteiger partial charge >= 0.3 is 0 Å². The summed E-state index contributed by atoms with van der Waals surface area (Å²) in [5.41, 5.74) is 1.16. The van der Waals surface area contributed by atoms with Gasteiger partial charge in [0.05, 0.1) is 12.1 Å². The van der Waals surface area contributed by atoms with Crippen molar-refractivity contribution < 1.29 is 18.4 Å². The fraction of sp³-hybridized carbons (Fsp3) is 0.560. The molecule has 0 bridgehead atoms. The molecule has 1 unspecified atom stereocenters. The van der Waals surface area contributed by atoms with Crippen LogP contribution < -0.4 is 10.6 Å². The molecule has 1 aliphatic heterocycles. The summed E-state index contributed by atoms with van der Waals surface area (Å²) in [4.78, 5) is 29.5. The van der Waals surface area contributed by atoms with E-state index in [0.29, 0.717) is 36.9 Å². The normalized spacial score (nSPS) is 18.9. The first-order chi connectivity index (χ1) is 15.9. The largest absolute Gasteiger partial charge is 0.441 e. The molecule has 1 aromatic carbocycles. The molecule has 9 heteroatoms. The fourth-order valence-corrected chi connectivity index (χ4v) is 6.79. The highest BCUT2D eigenvalue weighted by Gasteiger charge is 2.46. The Morgan fingerprint density at radius 2 is 1.97 bits per heavy atom. The highest BCUT2D eigenvalue weighted by Crippen LogP contribution is 2.45. The Labute approximate surface area is 208 Å². The molecule has 0 radical (unpaired) electrons. The molecule has 0 aliphatic carbocycles. The Hall–Kier alpha value is -2.00. The van der Waals surface area contributed by atoms with Crippen LogP contribution in [-0.2, 0) is 10.8 Å². The molecule has 2 N–H and O–H groups in total. The average molecular weight is 506 g/mol. The number of hydrogen-bond donors (Lipinski definition) is 2. The van der Waals surface area contributed by atoms with E-state index in [0.717, 1.165) is 5.56 Å². The maximum absolute atomic E-state index is 12.9. The molecule has 0 saturated carbocycles. The predicted octanol–water partition coefficient (Wildman–Crippen LogP) is 4.87. The summed E-state index contributed by atoms with van der Waals surface area (Å²) in [7, 11) is -2.00.